The molecule has 1 fully saturated rings. The number of ether oxygens (including phenoxy) is 8. The van der Waals surface area contributed by atoms with E-state index in [4.69, 9.17) is 43.0 Å². The van der Waals surface area contributed by atoms with Crippen molar-refractivity contribution in [1.29, 1.82) is 21.0 Å². The molecule has 0 aliphatic carbocycles. The highest BCUT2D eigenvalue weighted by Gasteiger charge is 2.27. The van der Waals surface area contributed by atoms with Crippen molar-refractivity contribution < 1.29 is 67.6 Å². The summed E-state index contributed by atoms with van der Waals surface area (Å²) < 4.78 is 51.3. The van der Waals surface area contributed by atoms with Crippen LogP contribution in [0, 0.1) is 45.3 Å². The quantitative estimate of drug-likeness (QED) is 0.0445. The highest BCUT2D eigenvalue weighted by atomic mass is 79.9. The number of amides is 1. The fraction of sp³-hybridized carbons (Fsp3) is 0.284. The van der Waals surface area contributed by atoms with Gasteiger partial charge in [-0.25, -0.2) is 9.59 Å². The third-order valence-corrected chi connectivity index (χ3v) is 18.3. The number of phenols is 1. The van der Waals surface area contributed by atoms with Gasteiger partial charge in [0.2, 0.25) is 0 Å². The van der Waals surface area contributed by atoms with E-state index < -0.39 is 30.3 Å². The number of aliphatic carboxylic acids is 1. The Hall–Kier alpha value is -12.9. The summed E-state index contributed by atoms with van der Waals surface area (Å²) in [5.41, 5.74) is 12.7. The number of aliphatic hydroxyl groups excluding tert-OH is 1. The number of carbonyl (C=O) groups is 3. The van der Waals surface area contributed by atoms with Gasteiger partial charge in [-0.1, -0.05) is 22.9 Å². The van der Waals surface area contributed by atoms with Crippen LogP contribution in [-0.2, 0) is 45.3 Å². The van der Waals surface area contributed by atoms with E-state index in [2.05, 4.69) is 58.5 Å². The van der Waals surface area contributed by atoms with Gasteiger partial charge in [-0.15, -0.1) is 0 Å². The number of rotatable bonds is 21. The molecule has 0 unspecified atom stereocenters. The lowest BCUT2D eigenvalue weighted by molar-refractivity contribution is -0.157. The van der Waals surface area contributed by atoms with Crippen molar-refractivity contribution in [3.05, 3.63) is 192 Å². The Morgan fingerprint density at radius 2 is 0.723 bits per heavy atom. The van der Waals surface area contributed by atoms with Gasteiger partial charge >= 0.3 is 11.9 Å². The number of aliphatic hydroxyl groups is 1. The first-order valence-corrected chi connectivity index (χ1v) is 37.5. The van der Waals surface area contributed by atoms with Crippen LogP contribution in [0.1, 0.15) is 84.1 Å². The first kappa shape index (κ1) is 83.2. The average molecular weight is 1580 g/mol. The zero-order valence-electron chi connectivity index (χ0n) is 64.8. The molecule has 1 aliphatic rings. The van der Waals surface area contributed by atoms with Crippen molar-refractivity contribution in [1.82, 2.24) is 23.2 Å². The molecule has 23 nitrogen and oxygen atoms in total. The number of carboxylic acid groups (broad SMARTS) is 1. The fourth-order valence-electron chi connectivity index (χ4n) is 13.4. The maximum atomic E-state index is 12.2. The van der Waals surface area contributed by atoms with Gasteiger partial charge < -0.3 is 76.4 Å². The molecule has 13 rings (SSSR count). The van der Waals surface area contributed by atoms with Gasteiger partial charge in [0.1, 0.15) is 75.9 Å². The Morgan fingerprint density at radius 1 is 0.446 bits per heavy atom. The number of aromatic nitrogens is 4. The fourth-order valence-corrected chi connectivity index (χ4v) is 13.4. The molecule has 1 saturated heterocycles. The van der Waals surface area contributed by atoms with E-state index in [1.54, 1.807) is 81.9 Å². The molecule has 24 heteroatoms. The number of alkyl halides is 1. The number of methoxy groups -OCH3 is 4. The number of hydrogen-bond donors (Lipinski definition) is 3. The number of phenolic OH excluding ortho intramolecular Hbond substituents is 1. The summed E-state index contributed by atoms with van der Waals surface area (Å²) in [6.45, 7) is 18.8. The predicted octanol–water partition coefficient (Wildman–Crippen LogP) is 17.1. The van der Waals surface area contributed by atoms with Crippen molar-refractivity contribution in [2.24, 2.45) is 0 Å². The van der Waals surface area contributed by atoms with Crippen LogP contribution in [0.4, 0.5) is 0 Å². The van der Waals surface area contributed by atoms with Crippen LogP contribution in [0.25, 0.3) is 88.6 Å². The largest absolute Gasteiger partial charge is 0.508 e. The first-order valence-electron chi connectivity index (χ1n) is 36.4. The Morgan fingerprint density at radius 3 is 0.973 bits per heavy atom. The minimum Gasteiger partial charge on any atom is -0.508 e. The Bertz CT molecular complexity index is 5490. The van der Waals surface area contributed by atoms with Crippen LogP contribution in [0.5, 0.6) is 46.0 Å². The second-order valence-corrected chi connectivity index (χ2v) is 27.5. The molecule has 1 amide bonds. The lowest BCUT2D eigenvalue weighted by atomic mass is 10.1. The molecule has 578 valence electrons. The lowest BCUT2D eigenvalue weighted by Gasteiger charge is -2.19. The molecule has 0 radical (unpaired) electrons. The number of carbonyl (C=O) groups excluding carboxylic acids is 2. The summed E-state index contributed by atoms with van der Waals surface area (Å²) in [6.07, 6.45) is 0.168. The summed E-state index contributed by atoms with van der Waals surface area (Å²) >= 11 is 3.15. The number of halogens is 1. The SMILES string of the molecule is CCBr.CCn1c(-c2ccc(O)cc2)c(C#N)c2ccc(OC)cc21.CCn1c(-c2ccc(OCC(=O)N3CC[C@H](O)C3)cc2)c(C#N)c2ccc(OC)cc21.CCn1c(-c2ccc(OCC(=O)O)cc2)c(C#N)c2ccc(OC)cc21.CCn1c(-c2ccc(OCC(=O)OC(C)(C)C)cc2)c(C#N)c2ccc(OC)cc21. The smallest absolute Gasteiger partial charge is 0.344 e. The number of hydrogen-bond acceptors (Lipinski definition) is 17. The molecule has 1 aliphatic heterocycles. The lowest BCUT2D eigenvalue weighted by Crippen LogP contribution is -2.33. The van der Waals surface area contributed by atoms with Crippen molar-refractivity contribution >= 4 is 77.4 Å². The van der Waals surface area contributed by atoms with Gasteiger partial charge in [0, 0.05) is 90.4 Å². The second kappa shape index (κ2) is 38.5. The van der Waals surface area contributed by atoms with Gasteiger partial charge in [-0.2, -0.15) is 21.0 Å². The normalized spacial score (nSPS) is 12.1. The monoisotopic (exact) mass is 1580 g/mol. The molecule has 8 aromatic carbocycles. The van der Waals surface area contributed by atoms with E-state index in [-0.39, 0.29) is 24.9 Å². The summed E-state index contributed by atoms with van der Waals surface area (Å²) in [5.74, 6) is 3.23. The summed E-state index contributed by atoms with van der Waals surface area (Å²) in [6, 6.07) is 61.0. The van der Waals surface area contributed by atoms with Crippen molar-refractivity contribution in [3.63, 3.8) is 0 Å². The number of fused-ring (bicyclic) bond motifs is 4. The van der Waals surface area contributed by atoms with Crippen molar-refractivity contribution in [3.8, 4) is 115 Å². The maximum Gasteiger partial charge on any atom is 0.344 e. The minimum atomic E-state index is -1.03. The summed E-state index contributed by atoms with van der Waals surface area (Å²) in [4.78, 5) is 36.3. The number of likely N-dealkylation sites (tertiary alicyclic amines) is 1. The third-order valence-electron chi connectivity index (χ3n) is 18.3. The molecule has 3 N–H and O–H groups in total. The molecule has 0 bridgehead atoms. The molecule has 0 spiro atoms. The van der Waals surface area contributed by atoms with Gasteiger partial charge in [0.05, 0.1) is 102 Å². The summed E-state index contributed by atoms with van der Waals surface area (Å²) in [7, 11) is 6.50. The Balaban J connectivity index is 0.000000170. The summed E-state index contributed by atoms with van der Waals surface area (Å²) in [5, 5.41) is 71.4. The Kier molecular flexibility index (Phi) is 28.6. The number of nitrogens with zero attached hydrogens (tertiary/aromatic N) is 9. The molecule has 112 heavy (non-hydrogen) atoms. The van der Waals surface area contributed by atoms with E-state index in [1.165, 1.54) is 0 Å². The molecule has 5 heterocycles. The standard InChI is InChI=1S/C24H25N3O4.C24H26N2O4.C20H18N2O4.C18H16N2O2.C2H5Br/c1-3-27-22-12-19(30-2)8-9-20(22)21(13-25)24(27)16-4-6-18(7-5-16)31-15-23(29)26-11-10-17(28)14-26;1-6-26-21-13-18(28-5)11-12-19(21)20(14-25)23(26)16-7-9-17(10-8-16)29-15-22(27)30-24(2,3)4;1-3-22-18-10-15(25-2)8-9-16(18)17(11-21)20(22)13-4-6-14(7-5-13)26-12-19(23)24;1-3-20-17-10-14(22-2)8-9-15(17)16(11-19)18(20)12-4-6-13(21)7-5-12;1-2-3/h4-9,12,17,28H,3,10-11,14-15H2,1-2H3;7-13H,6,15H2,1-5H3;4-10H,3,12H2,1-2H3,(H,23,24);4-10,21H,3H2,1-2H3;2H2,1H3/t17-;;;;/m0..../s1. The van der Waals surface area contributed by atoms with E-state index in [1.807, 2.05) is 177 Å². The van der Waals surface area contributed by atoms with Crippen LogP contribution < -0.4 is 33.2 Å². The topological polar surface area (TPSA) is 304 Å². The molecule has 4 aromatic heterocycles. The van der Waals surface area contributed by atoms with Crippen LogP contribution in [0.15, 0.2) is 170 Å². The highest BCUT2D eigenvalue weighted by Crippen LogP contribution is 2.41. The van der Waals surface area contributed by atoms with Gasteiger partial charge in [-0.05, 0) is 223 Å². The molecule has 0 saturated carbocycles. The van der Waals surface area contributed by atoms with E-state index in [9.17, 15) is 45.6 Å². The molecular weight excluding hydrogens is 1490 g/mol. The van der Waals surface area contributed by atoms with Crippen LogP contribution in [0.2, 0.25) is 0 Å². The number of esters is 1. The number of nitriles is 4. The number of carboxylic acids is 1. The predicted molar refractivity (Wildman–Crippen MR) is 436 cm³/mol. The number of β-amino-alcohol motifs (C(OH)–C–C–N with tert-alkyl or cyclic N) is 1. The molecule has 1 atom stereocenters. The van der Waals surface area contributed by atoms with Crippen molar-refractivity contribution in [2.45, 2.75) is 99.7 Å². The zero-order valence-corrected chi connectivity index (χ0v) is 66.3. The molecular formula is C88H90BrN9O14. The van der Waals surface area contributed by atoms with Crippen LogP contribution >= 0.6 is 15.9 Å². The van der Waals surface area contributed by atoms with Gasteiger partial charge in [0.25, 0.3) is 5.91 Å². The van der Waals surface area contributed by atoms with Crippen molar-refractivity contribution in [2.75, 3.05) is 66.7 Å². The van der Waals surface area contributed by atoms with Gasteiger partial charge in [-0.3, -0.25) is 4.79 Å². The first-order chi connectivity index (χ1) is 54.0. The Labute approximate surface area is 659 Å². The average Bonchev–Trinajstić information content (AvgIpc) is 1.63. The molecule has 12 aromatic rings. The third kappa shape index (κ3) is 19.2. The van der Waals surface area contributed by atoms with E-state index >= 15 is 0 Å². The maximum absolute atomic E-state index is 12.2. The van der Waals surface area contributed by atoms with Gasteiger partial charge in [0.15, 0.2) is 19.8 Å². The highest BCUT2D eigenvalue weighted by molar-refractivity contribution is 9.09. The number of aromatic hydroxyl groups is 1. The van der Waals surface area contributed by atoms with Crippen LogP contribution in [0.3, 0.4) is 0 Å². The number of benzene rings is 8. The van der Waals surface area contributed by atoms with E-state index in [0.717, 1.165) is 124 Å². The second-order valence-electron chi connectivity index (χ2n) is 26.4. The number of aryl methyl sites for hydroxylation is 4. The zero-order chi connectivity index (χ0) is 80.9. The minimum absolute atomic E-state index is 0.0650. The van der Waals surface area contributed by atoms with Crippen LogP contribution in [-0.4, -0.2) is 135 Å². The van der Waals surface area contributed by atoms with E-state index in [0.29, 0.717) is 78.6 Å².